The van der Waals surface area contributed by atoms with E-state index in [2.05, 4.69) is 13.8 Å². The van der Waals surface area contributed by atoms with Crippen molar-refractivity contribution in [3.05, 3.63) is 21.3 Å². The van der Waals surface area contributed by atoms with Gasteiger partial charge in [0.15, 0.2) is 0 Å². The fraction of sp³-hybridized carbons (Fsp3) is 0.500. The average Bonchev–Trinajstić information content (AvgIpc) is 1.41. The van der Waals surface area contributed by atoms with Gasteiger partial charge in [0, 0.05) is 0 Å². The van der Waals surface area contributed by atoms with Crippen LogP contribution < -0.4 is 0 Å². The fourth-order valence-electron chi connectivity index (χ4n) is 0.177. The van der Waals surface area contributed by atoms with E-state index in [9.17, 15) is 0 Å². The number of unbranched alkanes of at least 4 members (excludes halogenated alkanes) is 2. The summed E-state index contributed by atoms with van der Waals surface area (Å²) in [6.07, 6.45) is 3.23. The van der Waals surface area contributed by atoms with E-state index in [0.717, 1.165) is 12.8 Å². The van der Waals surface area contributed by atoms with Gasteiger partial charge in [0.2, 0.25) is 0 Å². The molecule has 0 heterocycles. The van der Waals surface area contributed by atoms with E-state index in [1.54, 1.807) is 0 Å². The molecule has 0 unspecified atom stereocenters. The molecule has 0 aliphatic carbocycles. The molecule has 0 amide bonds. The summed E-state index contributed by atoms with van der Waals surface area (Å²) in [6.45, 7) is 7.27. The summed E-state index contributed by atoms with van der Waals surface area (Å²) in [5, 5.41) is 0. The van der Waals surface area contributed by atoms with Crippen LogP contribution in [-0.2, 0) is 32.7 Å². The van der Waals surface area contributed by atoms with Crippen LogP contribution in [0, 0.1) is 21.3 Å². The molecule has 0 atom stereocenters. The van der Waals surface area contributed by atoms with Crippen molar-refractivity contribution in [3.63, 3.8) is 0 Å². The molecule has 0 saturated heterocycles. The van der Waals surface area contributed by atoms with Crippen molar-refractivity contribution in [1.29, 1.82) is 0 Å². The van der Waals surface area contributed by atoms with Gasteiger partial charge in [-0.25, -0.2) is 0 Å². The molecule has 0 nitrogen and oxygen atoms in total. The summed E-state index contributed by atoms with van der Waals surface area (Å²) in [7, 11) is 0. The summed E-state index contributed by atoms with van der Waals surface area (Å²) in [6, 6.07) is 0. The van der Waals surface area contributed by atoms with Crippen LogP contribution >= 0.6 is 0 Å². The Morgan fingerprint density at radius 1 is 1.00 bits per heavy atom. The number of hydrogen-bond donors (Lipinski definition) is 0. The van der Waals surface area contributed by atoms with Crippen molar-refractivity contribution < 1.29 is 32.7 Å². The fourth-order valence-corrected chi connectivity index (χ4v) is 0.177. The minimum atomic E-state index is 0. The third-order valence-electron chi connectivity index (χ3n) is 0.500. The Hall–Kier alpha value is 1.10. The normalized spacial score (nSPS) is 6.00. The Morgan fingerprint density at radius 3 is 1.29 bits per heavy atom. The maximum atomic E-state index is 3.64. The maximum Gasteiger partial charge on any atom is 3.00 e. The molecule has 0 aromatic rings. The Balaban J connectivity index is -0.0000000800. The van der Waals surface area contributed by atoms with E-state index in [4.69, 9.17) is 0 Å². The van der Waals surface area contributed by atoms with Crippen LogP contribution in [0.15, 0.2) is 0 Å². The second-order valence-corrected chi connectivity index (χ2v) is 1.06. The molecule has 0 bridgehead atoms. The molecular formula is C6H13Y. The van der Waals surface area contributed by atoms with Crippen LogP contribution in [0.5, 0.6) is 0 Å². The van der Waals surface area contributed by atoms with Crippen molar-refractivity contribution >= 4 is 0 Å². The summed E-state index contributed by atoms with van der Waals surface area (Å²) in [5.74, 6) is 0. The van der Waals surface area contributed by atoms with Crippen LogP contribution in [0.4, 0.5) is 0 Å². The maximum absolute atomic E-state index is 3.64. The van der Waals surface area contributed by atoms with Gasteiger partial charge in [0.05, 0.1) is 0 Å². The molecule has 0 rings (SSSR count). The first kappa shape index (κ1) is 15.7. The van der Waals surface area contributed by atoms with Gasteiger partial charge >= 0.3 is 32.7 Å². The molecule has 40 valence electrons. The molecule has 0 fully saturated rings. The monoisotopic (exact) mass is 174 g/mol. The zero-order chi connectivity index (χ0) is 4.12. The predicted octanol–water partition coefficient (Wildman–Crippen LogP) is 2.27. The van der Waals surface area contributed by atoms with Crippen molar-refractivity contribution in [3.8, 4) is 0 Å². The minimum absolute atomic E-state index is 0. The van der Waals surface area contributed by atoms with Crippen molar-refractivity contribution in [2.24, 2.45) is 0 Å². The van der Waals surface area contributed by atoms with E-state index >= 15 is 0 Å². The quantitative estimate of drug-likeness (QED) is 0.563. The van der Waals surface area contributed by atoms with Crippen molar-refractivity contribution in [2.45, 2.75) is 19.3 Å². The Labute approximate surface area is 73.0 Å². The summed E-state index contributed by atoms with van der Waals surface area (Å²) < 4.78 is 0. The van der Waals surface area contributed by atoms with Crippen LogP contribution in [0.1, 0.15) is 19.3 Å². The molecule has 0 aliphatic rings. The molecule has 0 aromatic heterocycles. The number of hydrogen-bond acceptors (Lipinski definition) is 0. The minimum Gasteiger partial charge on any atom is -0.358 e. The van der Waals surface area contributed by atoms with Gasteiger partial charge in [-0.05, 0) is 0 Å². The van der Waals surface area contributed by atoms with E-state index < -0.39 is 0 Å². The molecule has 1 heteroatoms. The van der Waals surface area contributed by atoms with Crippen molar-refractivity contribution in [2.75, 3.05) is 0 Å². The molecular weight excluding hydrogens is 161 g/mol. The number of rotatable bonds is 2. The molecule has 0 aromatic carbocycles. The first-order valence-corrected chi connectivity index (χ1v) is 2.00. The Kier molecular flexibility index (Phi) is 35.2. The van der Waals surface area contributed by atoms with Gasteiger partial charge in [-0.15, -0.1) is 6.42 Å². The molecule has 0 radical (unpaired) electrons. The first-order chi connectivity index (χ1) is 2.41. The second-order valence-electron chi connectivity index (χ2n) is 1.06. The van der Waals surface area contributed by atoms with E-state index in [0.29, 0.717) is 0 Å². The third-order valence-corrected chi connectivity index (χ3v) is 0.500. The van der Waals surface area contributed by atoms with E-state index in [-0.39, 0.29) is 40.1 Å². The zero-order valence-corrected chi connectivity index (χ0v) is 7.95. The smallest absolute Gasteiger partial charge is 0.358 e. The molecule has 0 spiro atoms. The van der Waals surface area contributed by atoms with Crippen LogP contribution in [-0.4, -0.2) is 0 Å². The Morgan fingerprint density at radius 2 is 1.29 bits per heavy atom. The van der Waals surface area contributed by atoms with E-state index in [1.807, 2.05) is 0 Å². The summed E-state index contributed by atoms with van der Waals surface area (Å²) in [4.78, 5) is 0. The van der Waals surface area contributed by atoms with Gasteiger partial charge < -0.3 is 21.3 Å². The largest absolute Gasteiger partial charge is 3.00 e. The standard InChI is InChI=1S/C5H10.CH3.Y/c1-3-5-4-2;;/h1-5H2;1H3;/q-2;-1;+3. The average molecular weight is 174 g/mol. The SMILES string of the molecule is [CH2-]CCC[CH2-].[CH3-].[Y+3]. The molecule has 0 N–H and O–H groups in total. The second kappa shape index (κ2) is 15.7. The van der Waals surface area contributed by atoms with Crippen LogP contribution in [0.2, 0.25) is 0 Å². The van der Waals surface area contributed by atoms with Gasteiger partial charge in [-0.3, -0.25) is 0 Å². The topological polar surface area (TPSA) is 0 Å². The molecule has 0 aliphatic heterocycles. The van der Waals surface area contributed by atoms with E-state index in [1.165, 1.54) is 6.42 Å². The predicted molar refractivity (Wildman–Crippen MR) is 31.0 cm³/mol. The van der Waals surface area contributed by atoms with Gasteiger partial charge in [0.1, 0.15) is 0 Å². The molecule has 0 saturated carbocycles. The van der Waals surface area contributed by atoms with Gasteiger partial charge in [-0.2, -0.15) is 12.8 Å². The molecule has 7 heavy (non-hydrogen) atoms. The van der Waals surface area contributed by atoms with Gasteiger partial charge in [-0.1, -0.05) is 0 Å². The van der Waals surface area contributed by atoms with Gasteiger partial charge in [0.25, 0.3) is 0 Å². The van der Waals surface area contributed by atoms with Crippen LogP contribution in [0.25, 0.3) is 0 Å². The first-order valence-electron chi connectivity index (χ1n) is 2.00. The van der Waals surface area contributed by atoms with Crippen LogP contribution in [0.3, 0.4) is 0 Å². The summed E-state index contributed by atoms with van der Waals surface area (Å²) >= 11 is 0. The summed E-state index contributed by atoms with van der Waals surface area (Å²) in [5.41, 5.74) is 0. The zero-order valence-electron chi connectivity index (χ0n) is 5.11. The van der Waals surface area contributed by atoms with Crippen molar-refractivity contribution in [1.82, 2.24) is 0 Å². The third kappa shape index (κ3) is 19.2. The Bertz CT molecular complexity index is 11.7.